The summed E-state index contributed by atoms with van der Waals surface area (Å²) in [4.78, 5) is 11.6. The smallest absolute Gasteiger partial charge is 0.337 e. The molecule has 2 aromatic rings. The number of nitrogens with zero attached hydrogens (tertiary/aromatic N) is 1. The Hall–Kier alpha value is -1.89. The molecule has 0 bridgehead atoms. The monoisotopic (exact) mass is 353 g/mol. The van der Waals surface area contributed by atoms with Gasteiger partial charge in [0.2, 0.25) is 10.0 Å². The van der Waals surface area contributed by atoms with Gasteiger partial charge >= 0.3 is 5.97 Å². The van der Waals surface area contributed by atoms with E-state index in [0.717, 1.165) is 5.56 Å². The maximum Gasteiger partial charge on any atom is 0.337 e. The third-order valence-corrected chi connectivity index (χ3v) is 5.33. The van der Waals surface area contributed by atoms with E-state index in [9.17, 15) is 13.2 Å². The topological polar surface area (TPSA) is 63.7 Å². The molecule has 0 heterocycles. The van der Waals surface area contributed by atoms with E-state index in [-0.39, 0.29) is 17.0 Å². The average molecular weight is 354 g/mol. The SMILES string of the molecule is COC(=O)c1cccc(S(=O)(=O)N(C)Cc2ccc(Cl)cc2)c1. The zero-order chi connectivity index (χ0) is 17.0. The number of esters is 1. The van der Waals surface area contributed by atoms with Gasteiger partial charge < -0.3 is 4.74 Å². The lowest BCUT2D eigenvalue weighted by Gasteiger charge is -2.17. The second-order valence-corrected chi connectivity index (χ2v) is 7.39. The quantitative estimate of drug-likeness (QED) is 0.775. The summed E-state index contributed by atoms with van der Waals surface area (Å²) >= 11 is 5.82. The van der Waals surface area contributed by atoms with Crippen molar-refractivity contribution in [2.24, 2.45) is 0 Å². The molecule has 23 heavy (non-hydrogen) atoms. The molecule has 0 atom stereocenters. The van der Waals surface area contributed by atoms with Gasteiger partial charge in [-0.15, -0.1) is 0 Å². The minimum Gasteiger partial charge on any atom is -0.465 e. The Labute approximate surface area is 140 Å². The van der Waals surface area contributed by atoms with Crippen molar-refractivity contribution in [3.8, 4) is 0 Å². The van der Waals surface area contributed by atoms with Crippen LogP contribution in [0.1, 0.15) is 15.9 Å². The van der Waals surface area contributed by atoms with Gasteiger partial charge in [0.1, 0.15) is 0 Å². The van der Waals surface area contributed by atoms with Crippen molar-refractivity contribution >= 4 is 27.6 Å². The van der Waals surface area contributed by atoms with Crippen LogP contribution in [-0.2, 0) is 21.3 Å². The first-order valence-corrected chi connectivity index (χ1v) is 8.55. The summed E-state index contributed by atoms with van der Waals surface area (Å²) in [5.41, 5.74) is 0.998. The summed E-state index contributed by atoms with van der Waals surface area (Å²) in [5, 5.41) is 0.588. The molecule has 0 saturated carbocycles. The Kier molecular flexibility index (Phi) is 5.41. The van der Waals surface area contributed by atoms with Gasteiger partial charge in [-0.25, -0.2) is 13.2 Å². The lowest BCUT2D eigenvalue weighted by molar-refractivity contribution is 0.0600. The van der Waals surface area contributed by atoms with Gasteiger partial charge in [-0.05, 0) is 35.9 Å². The summed E-state index contributed by atoms with van der Waals surface area (Å²) in [6, 6.07) is 12.7. The molecule has 0 unspecified atom stereocenters. The number of benzene rings is 2. The highest BCUT2D eigenvalue weighted by Crippen LogP contribution is 2.19. The Morgan fingerprint density at radius 3 is 2.43 bits per heavy atom. The van der Waals surface area contributed by atoms with Gasteiger partial charge in [0.25, 0.3) is 0 Å². The number of rotatable bonds is 5. The molecule has 2 rings (SSSR count). The third kappa shape index (κ3) is 4.10. The van der Waals surface area contributed by atoms with Gasteiger partial charge in [0, 0.05) is 18.6 Å². The number of hydrogen-bond acceptors (Lipinski definition) is 4. The fourth-order valence-electron chi connectivity index (χ4n) is 2.01. The molecule has 5 nitrogen and oxygen atoms in total. The van der Waals surface area contributed by atoms with E-state index in [1.165, 1.54) is 42.7 Å². The summed E-state index contributed by atoms with van der Waals surface area (Å²) < 4.78 is 31.1. The molecule has 0 N–H and O–H groups in total. The van der Waals surface area contributed by atoms with Crippen LogP contribution in [0.25, 0.3) is 0 Å². The molecule has 122 valence electrons. The number of sulfonamides is 1. The van der Waals surface area contributed by atoms with Crippen molar-refractivity contribution in [3.63, 3.8) is 0 Å². The predicted octanol–water partition coefficient (Wildman–Crippen LogP) is 2.95. The molecule has 2 aromatic carbocycles. The predicted molar refractivity (Wildman–Crippen MR) is 87.9 cm³/mol. The lowest BCUT2D eigenvalue weighted by atomic mass is 10.2. The highest BCUT2D eigenvalue weighted by molar-refractivity contribution is 7.89. The van der Waals surface area contributed by atoms with Gasteiger partial charge in [-0.3, -0.25) is 0 Å². The lowest BCUT2D eigenvalue weighted by Crippen LogP contribution is -2.26. The molecule has 0 radical (unpaired) electrons. The minimum atomic E-state index is -3.72. The van der Waals surface area contributed by atoms with Crippen LogP contribution in [0, 0.1) is 0 Å². The van der Waals surface area contributed by atoms with Crippen LogP contribution in [0.4, 0.5) is 0 Å². The van der Waals surface area contributed by atoms with Crippen LogP contribution in [0.15, 0.2) is 53.4 Å². The van der Waals surface area contributed by atoms with Crippen LogP contribution in [0.5, 0.6) is 0 Å². The standard InChI is InChI=1S/C16H16ClNO4S/c1-18(11-12-6-8-14(17)9-7-12)23(20,21)15-5-3-4-13(10-15)16(19)22-2/h3-10H,11H2,1-2H3. The molecule has 0 aromatic heterocycles. The van der Waals surface area contributed by atoms with Crippen LogP contribution in [0.3, 0.4) is 0 Å². The highest BCUT2D eigenvalue weighted by Gasteiger charge is 2.22. The van der Waals surface area contributed by atoms with E-state index in [4.69, 9.17) is 11.6 Å². The Balaban J connectivity index is 2.26. The van der Waals surface area contributed by atoms with E-state index in [2.05, 4.69) is 4.74 Å². The van der Waals surface area contributed by atoms with E-state index in [0.29, 0.717) is 5.02 Å². The first-order valence-electron chi connectivity index (χ1n) is 6.74. The van der Waals surface area contributed by atoms with E-state index in [1.807, 2.05) is 0 Å². The van der Waals surface area contributed by atoms with Crippen LogP contribution in [-0.4, -0.2) is 32.8 Å². The Morgan fingerprint density at radius 1 is 1.17 bits per heavy atom. The largest absolute Gasteiger partial charge is 0.465 e. The van der Waals surface area contributed by atoms with Crippen LogP contribution >= 0.6 is 11.6 Å². The number of methoxy groups -OCH3 is 1. The molecular formula is C16H16ClNO4S. The van der Waals surface area contributed by atoms with Gasteiger partial charge in [0.05, 0.1) is 17.6 Å². The normalized spacial score (nSPS) is 11.5. The highest BCUT2D eigenvalue weighted by atomic mass is 35.5. The Bertz CT molecular complexity index is 803. The van der Waals surface area contributed by atoms with Crippen LogP contribution in [0.2, 0.25) is 5.02 Å². The maximum absolute atomic E-state index is 12.6. The maximum atomic E-state index is 12.6. The summed E-state index contributed by atoms with van der Waals surface area (Å²) in [6.45, 7) is 0.196. The van der Waals surface area contributed by atoms with Crippen LogP contribution < -0.4 is 0 Å². The summed E-state index contributed by atoms with van der Waals surface area (Å²) in [5.74, 6) is -0.581. The van der Waals surface area contributed by atoms with Gasteiger partial charge in [-0.2, -0.15) is 4.31 Å². The second-order valence-electron chi connectivity index (χ2n) is 4.91. The minimum absolute atomic E-state index is 0.0388. The van der Waals surface area contributed by atoms with E-state index >= 15 is 0 Å². The molecule has 7 heteroatoms. The van der Waals surface area contributed by atoms with Gasteiger partial charge in [-0.1, -0.05) is 29.8 Å². The molecule has 0 amide bonds. The summed E-state index contributed by atoms with van der Waals surface area (Å²) in [7, 11) is -0.992. The second kappa shape index (κ2) is 7.12. The zero-order valence-electron chi connectivity index (χ0n) is 12.7. The van der Waals surface area contributed by atoms with Crippen molar-refractivity contribution in [3.05, 3.63) is 64.7 Å². The molecule has 0 aliphatic heterocycles. The number of ether oxygens (including phenoxy) is 1. The van der Waals surface area contributed by atoms with E-state index in [1.54, 1.807) is 24.3 Å². The van der Waals surface area contributed by atoms with Gasteiger partial charge in [0.15, 0.2) is 0 Å². The molecule has 0 spiro atoms. The number of halogens is 1. The molecule has 0 fully saturated rings. The van der Waals surface area contributed by atoms with Crippen molar-refractivity contribution in [2.75, 3.05) is 14.2 Å². The molecular weight excluding hydrogens is 338 g/mol. The fraction of sp³-hybridized carbons (Fsp3) is 0.188. The van der Waals surface area contributed by atoms with Crippen molar-refractivity contribution in [1.29, 1.82) is 0 Å². The first-order chi connectivity index (χ1) is 10.8. The molecule has 0 aliphatic rings. The Morgan fingerprint density at radius 2 is 1.83 bits per heavy atom. The zero-order valence-corrected chi connectivity index (χ0v) is 14.3. The number of carbonyl (C=O) groups excluding carboxylic acids is 1. The first kappa shape index (κ1) is 17.5. The molecule has 0 saturated heterocycles. The van der Waals surface area contributed by atoms with E-state index < -0.39 is 16.0 Å². The van der Waals surface area contributed by atoms with Crippen molar-refractivity contribution < 1.29 is 17.9 Å². The van der Waals surface area contributed by atoms with Crippen molar-refractivity contribution in [2.45, 2.75) is 11.4 Å². The number of carbonyl (C=O) groups is 1. The average Bonchev–Trinajstić information content (AvgIpc) is 2.56. The number of hydrogen-bond donors (Lipinski definition) is 0. The fourth-order valence-corrected chi connectivity index (χ4v) is 3.34. The summed E-state index contributed by atoms with van der Waals surface area (Å²) in [6.07, 6.45) is 0. The van der Waals surface area contributed by atoms with Crippen molar-refractivity contribution in [1.82, 2.24) is 4.31 Å². The molecule has 0 aliphatic carbocycles. The third-order valence-electron chi connectivity index (χ3n) is 3.28.